The monoisotopic (exact) mass is 594 g/mol. The van der Waals surface area contributed by atoms with E-state index in [9.17, 15) is 4.79 Å². The van der Waals surface area contributed by atoms with Gasteiger partial charge in [0, 0.05) is 46.2 Å². The summed E-state index contributed by atoms with van der Waals surface area (Å²) < 4.78 is 16.3. The van der Waals surface area contributed by atoms with Gasteiger partial charge in [0.05, 0.1) is 27.0 Å². The molecule has 0 aliphatic rings. The van der Waals surface area contributed by atoms with Crippen LogP contribution in [0.1, 0.15) is 10.4 Å². The van der Waals surface area contributed by atoms with Crippen molar-refractivity contribution in [2.75, 3.05) is 37.7 Å². The van der Waals surface area contributed by atoms with Crippen LogP contribution >= 0.6 is 34.3 Å². The molecule has 0 fully saturated rings. The van der Waals surface area contributed by atoms with E-state index in [1.165, 1.54) is 34.9 Å². The molecule has 5 rings (SSSR count). The Morgan fingerprint density at radius 3 is 2.45 bits per heavy atom. The predicted molar refractivity (Wildman–Crippen MR) is 160 cm³/mol. The molecule has 10 nitrogen and oxygen atoms in total. The van der Waals surface area contributed by atoms with Gasteiger partial charge in [-0.1, -0.05) is 35.1 Å². The predicted octanol–water partition coefficient (Wildman–Crippen LogP) is 6.59. The van der Waals surface area contributed by atoms with E-state index in [1.54, 1.807) is 45.6 Å². The fourth-order valence-corrected chi connectivity index (χ4v) is 5.84. The van der Waals surface area contributed by atoms with Crippen LogP contribution in [0.5, 0.6) is 17.2 Å². The first-order valence-corrected chi connectivity index (χ1v) is 13.8. The van der Waals surface area contributed by atoms with Gasteiger partial charge < -0.3 is 30.6 Å². The summed E-state index contributed by atoms with van der Waals surface area (Å²) in [4.78, 5) is 26.5. The highest BCUT2D eigenvalue weighted by molar-refractivity contribution is 7.23. The minimum atomic E-state index is -0.287. The zero-order valence-electron chi connectivity index (χ0n) is 21.5. The number of anilines is 4. The second-order valence-corrected chi connectivity index (χ2v) is 10.5. The summed E-state index contributed by atoms with van der Waals surface area (Å²) in [6, 6.07) is 14.1. The topological polar surface area (TPSA) is 134 Å². The van der Waals surface area contributed by atoms with Crippen LogP contribution in [-0.2, 0) is 0 Å². The Kier molecular flexibility index (Phi) is 8.01. The Morgan fingerprint density at radius 1 is 0.975 bits per heavy atom. The van der Waals surface area contributed by atoms with Crippen molar-refractivity contribution in [2.45, 2.75) is 0 Å². The van der Waals surface area contributed by atoms with Crippen molar-refractivity contribution in [2.24, 2.45) is 0 Å². The molecule has 0 aliphatic carbocycles. The zero-order chi connectivity index (χ0) is 28.2. The highest BCUT2D eigenvalue weighted by Gasteiger charge is 2.18. The van der Waals surface area contributed by atoms with E-state index >= 15 is 0 Å². The Balaban J connectivity index is 1.35. The number of nitrogens with one attached hydrogen (secondary N) is 2. The molecule has 3 aromatic heterocycles. The van der Waals surface area contributed by atoms with Crippen LogP contribution in [0, 0.1) is 0 Å². The molecule has 3 heterocycles. The molecule has 0 saturated carbocycles. The van der Waals surface area contributed by atoms with E-state index in [1.807, 2.05) is 23.6 Å². The van der Waals surface area contributed by atoms with Crippen molar-refractivity contribution in [3.8, 4) is 38.4 Å². The Labute approximate surface area is 242 Å². The summed E-state index contributed by atoms with van der Waals surface area (Å²) in [5.41, 5.74) is 9.59. The number of thiazole rings is 2. The van der Waals surface area contributed by atoms with Gasteiger partial charge in [0.2, 0.25) is 5.75 Å². The molecule has 40 heavy (non-hydrogen) atoms. The van der Waals surface area contributed by atoms with Crippen LogP contribution in [0.25, 0.3) is 21.1 Å². The molecule has 0 radical (unpaired) electrons. The number of pyridine rings is 1. The van der Waals surface area contributed by atoms with Crippen LogP contribution < -0.4 is 30.6 Å². The average Bonchev–Trinajstić information content (AvgIpc) is 3.59. The van der Waals surface area contributed by atoms with Crippen molar-refractivity contribution in [1.29, 1.82) is 0 Å². The SMILES string of the molecule is COc1cc(Nc2nc(N)c(-c3nc(-c4cccc(NC(=O)c5ccnc(Cl)c5)c4)cs3)s2)cc(OC)c1OC. The largest absolute Gasteiger partial charge is 0.493 e. The number of aromatic nitrogens is 3. The van der Waals surface area contributed by atoms with Gasteiger partial charge in [-0.2, -0.15) is 0 Å². The number of nitrogen functional groups attached to an aromatic ring is 1. The minimum Gasteiger partial charge on any atom is -0.493 e. The van der Waals surface area contributed by atoms with Crippen LogP contribution in [0.2, 0.25) is 5.15 Å². The van der Waals surface area contributed by atoms with Gasteiger partial charge in [-0.3, -0.25) is 4.79 Å². The number of ether oxygens (including phenoxy) is 3. The molecule has 0 saturated heterocycles. The smallest absolute Gasteiger partial charge is 0.255 e. The second kappa shape index (κ2) is 11.8. The molecule has 5 aromatic rings. The van der Waals surface area contributed by atoms with Crippen LogP contribution in [-0.4, -0.2) is 42.2 Å². The van der Waals surface area contributed by atoms with Gasteiger partial charge in [-0.15, -0.1) is 11.3 Å². The summed E-state index contributed by atoms with van der Waals surface area (Å²) >= 11 is 8.74. The number of halogens is 1. The first-order chi connectivity index (χ1) is 19.4. The van der Waals surface area contributed by atoms with Gasteiger partial charge >= 0.3 is 0 Å². The molecule has 1 amide bonds. The van der Waals surface area contributed by atoms with Crippen LogP contribution in [0.15, 0.2) is 60.1 Å². The number of nitrogens with two attached hydrogens (primary N) is 1. The third kappa shape index (κ3) is 5.78. The highest BCUT2D eigenvalue weighted by Crippen LogP contribution is 2.43. The van der Waals surface area contributed by atoms with Gasteiger partial charge in [-0.25, -0.2) is 15.0 Å². The first kappa shape index (κ1) is 27.2. The van der Waals surface area contributed by atoms with Crippen LogP contribution in [0.4, 0.5) is 22.3 Å². The molecule has 0 atom stereocenters. The van der Waals surface area contributed by atoms with Crippen molar-refractivity contribution in [3.05, 3.63) is 70.8 Å². The van der Waals surface area contributed by atoms with Gasteiger partial charge in [0.25, 0.3) is 5.91 Å². The van der Waals surface area contributed by atoms with E-state index in [2.05, 4.69) is 20.6 Å². The number of nitrogens with zero attached hydrogens (tertiary/aromatic N) is 3. The van der Waals surface area contributed by atoms with E-state index in [0.717, 1.165) is 21.1 Å². The molecule has 0 unspecified atom stereocenters. The van der Waals surface area contributed by atoms with E-state index in [-0.39, 0.29) is 11.1 Å². The number of carbonyl (C=O) groups is 1. The second-order valence-electron chi connectivity index (χ2n) is 8.21. The molecule has 0 aliphatic heterocycles. The van der Waals surface area contributed by atoms with Gasteiger partial charge in [0.15, 0.2) is 16.6 Å². The third-order valence-electron chi connectivity index (χ3n) is 5.67. The maximum atomic E-state index is 12.6. The number of methoxy groups -OCH3 is 3. The van der Waals surface area contributed by atoms with E-state index in [0.29, 0.717) is 45.1 Å². The molecule has 0 bridgehead atoms. The molecule has 2 aromatic carbocycles. The first-order valence-electron chi connectivity index (χ1n) is 11.7. The highest BCUT2D eigenvalue weighted by atomic mass is 35.5. The fraction of sp³-hybridized carbons (Fsp3) is 0.111. The molecular weight excluding hydrogens is 572 g/mol. The Bertz CT molecular complexity index is 1660. The average molecular weight is 595 g/mol. The van der Waals surface area contributed by atoms with E-state index < -0.39 is 0 Å². The third-order valence-corrected chi connectivity index (χ3v) is 7.86. The maximum absolute atomic E-state index is 12.6. The van der Waals surface area contributed by atoms with Crippen LogP contribution in [0.3, 0.4) is 0 Å². The van der Waals surface area contributed by atoms with Crippen molar-refractivity contribution >= 4 is 62.5 Å². The van der Waals surface area contributed by atoms with Crippen molar-refractivity contribution in [3.63, 3.8) is 0 Å². The number of rotatable bonds is 9. The van der Waals surface area contributed by atoms with E-state index in [4.69, 9.17) is 36.5 Å². The maximum Gasteiger partial charge on any atom is 0.255 e. The van der Waals surface area contributed by atoms with Gasteiger partial charge in [0.1, 0.15) is 20.9 Å². The minimum absolute atomic E-state index is 0.251. The summed E-state index contributed by atoms with van der Waals surface area (Å²) in [6.45, 7) is 0. The lowest BCUT2D eigenvalue weighted by atomic mass is 10.1. The molecule has 13 heteroatoms. The molecule has 204 valence electrons. The lowest BCUT2D eigenvalue weighted by Crippen LogP contribution is -2.11. The van der Waals surface area contributed by atoms with Gasteiger partial charge in [-0.05, 0) is 24.3 Å². The normalized spacial score (nSPS) is 10.7. The zero-order valence-corrected chi connectivity index (χ0v) is 23.9. The Morgan fingerprint density at radius 2 is 1.75 bits per heavy atom. The quantitative estimate of drug-likeness (QED) is 0.162. The summed E-state index contributed by atoms with van der Waals surface area (Å²) in [6.07, 6.45) is 1.49. The number of benzene rings is 2. The summed E-state index contributed by atoms with van der Waals surface area (Å²) in [5, 5.41) is 9.63. The fourth-order valence-electron chi connectivity index (χ4n) is 3.83. The number of hydrogen-bond donors (Lipinski definition) is 3. The molecule has 0 spiro atoms. The lowest BCUT2D eigenvalue weighted by molar-refractivity contribution is 0.102. The Hall–Kier alpha value is -4.39. The number of hydrogen-bond acceptors (Lipinski definition) is 11. The lowest BCUT2D eigenvalue weighted by Gasteiger charge is -2.14. The molecular formula is C27H23ClN6O4S2. The number of amides is 1. The standard InChI is InChI=1S/C27H23ClN6O4S2/c1-36-19-11-17(12-20(37-2)22(19)38-3)32-27-34-24(29)23(40-27)26-33-18(13-39-26)14-5-4-6-16(9-14)31-25(35)15-7-8-30-21(28)10-15/h4-13H,29H2,1-3H3,(H,31,35)(H,32,34). The van der Waals surface area contributed by atoms with Crippen molar-refractivity contribution in [1.82, 2.24) is 15.0 Å². The molecule has 4 N–H and O–H groups in total. The number of carbonyl (C=O) groups excluding carboxylic acids is 1. The van der Waals surface area contributed by atoms with Crippen molar-refractivity contribution < 1.29 is 19.0 Å². The summed E-state index contributed by atoms with van der Waals surface area (Å²) in [7, 11) is 4.66. The summed E-state index contributed by atoms with van der Waals surface area (Å²) in [5.74, 6) is 1.60.